The van der Waals surface area contributed by atoms with Crippen LogP contribution in [0.3, 0.4) is 0 Å². The van der Waals surface area contributed by atoms with E-state index in [1.807, 2.05) is 0 Å². The third kappa shape index (κ3) is 6.80. The maximum atomic E-state index is 14.1. The second kappa shape index (κ2) is 14.2. The van der Waals surface area contributed by atoms with E-state index in [1.165, 1.54) is 19.9 Å². The van der Waals surface area contributed by atoms with Gasteiger partial charge in [0, 0.05) is 25.5 Å². The minimum absolute atomic E-state index is 0.0553. The molecule has 0 radical (unpaired) electrons. The number of carbonyl (C=O) groups excluding carboxylic acids is 2. The van der Waals surface area contributed by atoms with Crippen LogP contribution < -0.4 is 19.6 Å². The highest BCUT2D eigenvalue weighted by molar-refractivity contribution is 5.91. The summed E-state index contributed by atoms with van der Waals surface area (Å²) in [5.74, 6) is -5.50. The van der Waals surface area contributed by atoms with Crippen LogP contribution in [0.1, 0.15) is 27.7 Å². The highest BCUT2D eigenvalue weighted by Gasteiger charge is 2.48. The van der Waals surface area contributed by atoms with Gasteiger partial charge in [-0.15, -0.1) is 0 Å². The summed E-state index contributed by atoms with van der Waals surface area (Å²) in [4.78, 5) is 37.5. The lowest BCUT2D eigenvalue weighted by Crippen LogP contribution is -2.59. The monoisotopic (exact) mass is 708 g/mol. The van der Waals surface area contributed by atoms with Crippen LogP contribution in [-0.4, -0.2) is 116 Å². The summed E-state index contributed by atoms with van der Waals surface area (Å²) < 4.78 is 44.5. The Hall–Kier alpha value is -4.85. The second-order valence-electron chi connectivity index (χ2n) is 11.7. The summed E-state index contributed by atoms with van der Waals surface area (Å²) in [6.07, 6.45) is -15.0. The van der Waals surface area contributed by atoms with Gasteiger partial charge in [-0.1, -0.05) is 0 Å². The van der Waals surface area contributed by atoms with Crippen molar-refractivity contribution in [1.29, 1.82) is 0 Å². The molecule has 2 aliphatic heterocycles. The lowest BCUT2D eigenvalue weighted by Gasteiger charge is -2.40. The van der Waals surface area contributed by atoms with Crippen LogP contribution in [-0.2, 0) is 28.5 Å². The molecule has 3 aromatic rings. The number of ether oxygens (including phenoxy) is 7. The van der Waals surface area contributed by atoms with Gasteiger partial charge in [0.05, 0.1) is 19.3 Å². The number of hydrogen-bond acceptors (Lipinski definition) is 18. The predicted molar refractivity (Wildman–Crippen MR) is 165 cm³/mol. The van der Waals surface area contributed by atoms with E-state index in [0.29, 0.717) is 0 Å². The number of rotatable bonds is 8. The molecule has 0 bridgehead atoms. The highest BCUT2D eigenvalue weighted by Crippen LogP contribution is 2.46. The molecule has 5 rings (SSSR count). The number of benzene rings is 2. The number of carbonyl (C=O) groups is 2. The zero-order chi connectivity index (χ0) is 36.8. The average Bonchev–Trinajstić information content (AvgIpc) is 3.04. The van der Waals surface area contributed by atoms with Crippen LogP contribution in [0.25, 0.3) is 22.3 Å². The first-order valence-corrected chi connectivity index (χ1v) is 15.2. The van der Waals surface area contributed by atoms with Crippen molar-refractivity contribution < 1.29 is 82.9 Å². The molecule has 272 valence electrons. The number of methoxy groups -OCH3 is 1. The van der Waals surface area contributed by atoms with Crippen LogP contribution in [0.15, 0.2) is 33.5 Å². The Kier molecular flexibility index (Phi) is 10.3. The topological polar surface area (TPSA) is 271 Å². The minimum Gasteiger partial charge on any atom is -0.504 e. The summed E-state index contributed by atoms with van der Waals surface area (Å²) in [6.45, 7) is 5.00. The molecule has 1 aromatic heterocycles. The fourth-order valence-electron chi connectivity index (χ4n) is 5.64. The average molecular weight is 709 g/mol. The fraction of sp³-hybridized carbons (Fsp3) is 0.469. The molecule has 3 heterocycles. The van der Waals surface area contributed by atoms with Crippen LogP contribution in [0, 0.1) is 0 Å². The Balaban J connectivity index is 1.65. The number of hydrogen-bond donors (Lipinski definition) is 7. The maximum Gasteiger partial charge on any atom is 0.303 e. The largest absolute Gasteiger partial charge is 0.504 e. The fourth-order valence-corrected chi connectivity index (χ4v) is 5.64. The number of fused-ring (bicyclic) bond motifs is 1. The van der Waals surface area contributed by atoms with E-state index < -0.39 is 119 Å². The SMILES string of the molecule is COc1c(OC2OC(C)C(O)C(O)C2OC(C)=O)cc2oc(-c3ccc(O)c(O)c3)c(OC3OC(C)C(OC(C)=O)C(O)C3O)c(=O)c2c1O. The molecule has 10 unspecified atom stereocenters. The molecule has 0 amide bonds. The van der Waals surface area contributed by atoms with Gasteiger partial charge in [0.2, 0.25) is 29.5 Å². The Labute approximate surface area is 282 Å². The van der Waals surface area contributed by atoms with Gasteiger partial charge in [-0.05, 0) is 32.0 Å². The van der Waals surface area contributed by atoms with Gasteiger partial charge in [0.15, 0.2) is 41.0 Å². The lowest BCUT2D eigenvalue weighted by atomic mass is 9.99. The first-order valence-electron chi connectivity index (χ1n) is 15.2. The number of aliphatic hydroxyl groups is 4. The van der Waals surface area contributed by atoms with Crippen molar-refractivity contribution in [3.63, 3.8) is 0 Å². The summed E-state index contributed by atoms with van der Waals surface area (Å²) in [5, 5.41) is 73.4. The molecule has 18 nitrogen and oxygen atoms in total. The van der Waals surface area contributed by atoms with Crippen molar-refractivity contribution in [2.45, 2.75) is 89.1 Å². The Morgan fingerprint density at radius 2 is 1.36 bits per heavy atom. The van der Waals surface area contributed by atoms with E-state index in [0.717, 1.165) is 39.2 Å². The molecule has 0 saturated carbocycles. The van der Waals surface area contributed by atoms with Crippen molar-refractivity contribution in [3.8, 4) is 45.8 Å². The van der Waals surface area contributed by atoms with Crippen molar-refractivity contribution >= 4 is 22.9 Å². The lowest BCUT2D eigenvalue weighted by molar-refractivity contribution is -0.273. The zero-order valence-corrected chi connectivity index (χ0v) is 27.2. The van der Waals surface area contributed by atoms with Crippen LogP contribution in [0.5, 0.6) is 34.5 Å². The molecule has 2 aromatic carbocycles. The predicted octanol–water partition coefficient (Wildman–Crippen LogP) is 0.140. The highest BCUT2D eigenvalue weighted by atomic mass is 16.7. The quantitative estimate of drug-likeness (QED) is 0.121. The third-order valence-electron chi connectivity index (χ3n) is 8.12. The summed E-state index contributed by atoms with van der Waals surface area (Å²) in [5.41, 5.74) is -1.50. The Morgan fingerprint density at radius 3 is 1.98 bits per heavy atom. The van der Waals surface area contributed by atoms with E-state index >= 15 is 0 Å². The number of aromatic hydroxyl groups is 3. The van der Waals surface area contributed by atoms with E-state index in [4.69, 9.17) is 37.6 Å². The first kappa shape index (κ1) is 36.4. The molecule has 7 N–H and O–H groups in total. The Morgan fingerprint density at radius 1 is 0.740 bits per heavy atom. The Bertz CT molecular complexity index is 1820. The molecule has 0 aliphatic carbocycles. The van der Waals surface area contributed by atoms with Crippen LogP contribution >= 0.6 is 0 Å². The first-order chi connectivity index (χ1) is 23.5. The number of esters is 2. The summed E-state index contributed by atoms with van der Waals surface area (Å²) >= 11 is 0. The van der Waals surface area contributed by atoms with Gasteiger partial charge in [0.1, 0.15) is 35.4 Å². The van der Waals surface area contributed by atoms with Crippen molar-refractivity contribution in [2.24, 2.45) is 0 Å². The summed E-state index contributed by atoms with van der Waals surface area (Å²) in [7, 11) is 1.13. The molecule has 2 saturated heterocycles. The normalized spacial score (nSPS) is 29.6. The van der Waals surface area contributed by atoms with Crippen molar-refractivity contribution in [3.05, 3.63) is 34.5 Å². The van der Waals surface area contributed by atoms with Gasteiger partial charge >= 0.3 is 11.9 Å². The van der Waals surface area contributed by atoms with Gasteiger partial charge in [-0.3, -0.25) is 14.4 Å². The number of phenols is 3. The van der Waals surface area contributed by atoms with Gasteiger partial charge in [0.25, 0.3) is 0 Å². The molecule has 2 fully saturated rings. The van der Waals surface area contributed by atoms with E-state index in [2.05, 4.69) is 0 Å². The van der Waals surface area contributed by atoms with Crippen LogP contribution in [0.2, 0.25) is 0 Å². The molecule has 10 atom stereocenters. The molecule has 0 spiro atoms. The molecule has 18 heteroatoms. The molecular weight excluding hydrogens is 672 g/mol. The molecular formula is C32H36O18. The van der Waals surface area contributed by atoms with Gasteiger partial charge < -0.3 is 73.3 Å². The summed E-state index contributed by atoms with van der Waals surface area (Å²) in [6, 6.07) is 4.44. The third-order valence-corrected chi connectivity index (χ3v) is 8.12. The van der Waals surface area contributed by atoms with Crippen LogP contribution in [0.4, 0.5) is 0 Å². The smallest absolute Gasteiger partial charge is 0.303 e. The number of phenolic OH excluding ortho intramolecular Hbond substituents is 3. The van der Waals surface area contributed by atoms with Crippen molar-refractivity contribution in [2.75, 3.05) is 7.11 Å². The minimum atomic E-state index is -1.89. The molecule has 50 heavy (non-hydrogen) atoms. The van der Waals surface area contributed by atoms with E-state index in [9.17, 15) is 50.1 Å². The van der Waals surface area contributed by atoms with Crippen molar-refractivity contribution in [1.82, 2.24) is 0 Å². The van der Waals surface area contributed by atoms with E-state index in [1.54, 1.807) is 0 Å². The van der Waals surface area contributed by atoms with Gasteiger partial charge in [-0.2, -0.15) is 0 Å². The second-order valence-corrected chi connectivity index (χ2v) is 11.7. The zero-order valence-electron chi connectivity index (χ0n) is 27.2. The van der Waals surface area contributed by atoms with Gasteiger partial charge in [-0.25, -0.2) is 0 Å². The molecule has 2 aliphatic rings. The van der Waals surface area contributed by atoms with E-state index in [-0.39, 0.29) is 16.9 Å². The maximum absolute atomic E-state index is 14.1. The number of aliphatic hydroxyl groups excluding tert-OH is 4. The standard InChI is InChI=1S/C32H36O18/c1-10-20(37)23(40)30(47-13(4)34)32(44-10)49-18-9-17-19(21(38)28(18)43-5)22(39)29(27(48-17)14-6-7-15(35)16(36)8-14)50-31-25(42)24(41)26(11(2)45-31)46-12(3)33/h6-11,20,23-26,30-32,35-38,40-42H,1-5H3.